The average molecular weight is 321 g/mol. The molecular weight excluding hydrogens is 304 g/mol. The summed E-state index contributed by atoms with van der Waals surface area (Å²) < 4.78 is 6.83. The van der Waals surface area contributed by atoms with E-state index in [1.165, 1.54) is 0 Å². The Hall–Kier alpha value is -1.39. The molecule has 0 aliphatic carbocycles. The zero-order valence-electron chi connectivity index (χ0n) is 11.1. The fourth-order valence-corrected chi connectivity index (χ4v) is 2.25. The lowest BCUT2D eigenvalue weighted by Gasteiger charge is -2.14. The van der Waals surface area contributed by atoms with Crippen molar-refractivity contribution in [3.63, 3.8) is 0 Å². The molecule has 0 amide bonds. The third-order valence-corrected chi connectivity index (χ3v) is 3.25. The summed E-state index contributed by atoms with van der Waals surface area (Å²) >= 11 is 3.40. The Labute approximate surface area is 121 Å². The number of hydrogen-bond donors (Lipinski definition) is 1. The fraction of sp³-hybridized carbons (Fsp3) is 0.267. The van der Waals surface area contributed by atoms with E-state index in [4.69, 9.17) is 10.5 Å². The van der Waals surface area contributed by atoms with E-state index in [-0.39, 0.29) is 6.04 Å². The molecule has 1 unspecified atom stereocenters. The molecule has 1 heterocycles. The van der Waals surface area contributed by atoms with E-state index >= 15 is 0 Å². The van der Waals surface area contributed by atoms with Crippen LogP contribution in [0.1, 0.15) is 29.7 Å². The summed E-state index contributed by atoms with van der Waals surface area (Å²) in [5.41, 5.74) is 9.16. The summed E-state index contributed by atoms with van der Waals surface area (Å²) in [5, 5.41) is 0. The Morgan fingerprint density at radius 1 is 1.32 bits per heavy atom. The molecule has 0 aliphatic rings. The molecule has 2 aromatic rings. The van der Waals surface area contributed by atoms with Crippen molar-refractivity contribution in [3.05, 3.63) is 57.8 Å². The molecule has 19 heavy (non-hydrogen) atoms. The third kappa shape index (κ3) is 3.78. The monoisotopic (exact) mass is 320 g/mol. The van der Waals surface area contributed by atoms with Crippen molar-refractivity contribution < 1.29 is 4.74 Å². The van der Waals surface area contributed by atoms with Crippen LogP contribution in [0.2, 0.25) is 0 Å². The zero-order valence-corrected chi connectivity index (χ0v) is 12.6. The van der Waals surface area contributed by atoms with Gasteiger partial charge in [-0.3, -0.25) is 4.98 Å². The van der Waals surface area contributed by atoms with Gasteiger partial charge in [-0.15, -0.1) is 0 Å². The van der Waals surface area contributed by atoms with Crippen LogP contribution >= 0.6 is 15.9 Å². The van der Waals surface area contributed by atoms with Crippen LogP contribution < -0.4 is 10.5 Å². The Bertz CT molecular complexity index is 570. The molecule has 2 N–H and O–H groups in total. The quantitative estimate of drug-likeness (QED) is 0.933. The van der Waals surface area contributed by atoms with Crippen LogP contribution in [0, 0.1) is 6.92 Å². The number of aryl methyl sites for hydroxylation is 1. The summed E-state index contributed by atoms with van der Waals surface area (Å²) in [4.78, 5) is 4.12. The molecule has 2 rings (SSSR count). The second-order valence-corrected chi connectivity index (χ2v) is 5.55. The van der Waals surface area contributed by atoms with Gasteiger partial charge in [0, 0.05) is 34.0 Å². The number of nitrogens with zero attached hydrogens (tertiary/aromatic N) is 1. The van der Waals surface area contributed by atoms with Crippen LogP contribution in [0.3, 0.4) is 0 Å². The number of aromatic nitrogens is 1. The van der Waals surface area contributed by atoms with Crippen molar-refractivity contribution in [1.82, 2.24) is 4.98 Å². The molecule has 0 radical (unpaired) electrons. The minimum atomic E-state index is -0.0452. The second kappa shape index (κ2) is 6.17. The predicted octanol–water partition coefficient (Wildman–Crippen LogP) is 3.75. The van der Waals surface area contributed by atoms with E-state index in [2.05, 4.69) is 20.9 Å². The van der Waals surface area contributed by atoms with Crippen LogP contribution in [0.15, 0.2) is 41.1 Å². The van der Waals surface area contributed by atoms with Crippen molar-refractivity contribution in [2.45, 2.75) is 26.5 Å². The van der Waals surface area contributed by atoms with Gasteiger partial charge in [-0.1, -0.05) is 12.1 Å². The first kappa shape index (κ1) is 14.0. The fourth-order valence-electron chi connectivity index (χ4n) is 1.84. The Morgan fingerprint density at radius 2 is 2.11 bits per heavy atom. The number of ether oxygens (including phenoxy) is 1. The molecule has 1 aromatic carbocycles. The third-order valence-electron chi connectivity index (χ3n) is 2.82. The molecule has 0 fully saturated rings. The highest BCUT2D eigenvalue weighted by molar-refractivity contribution is 9.10. The van der Waals surface area contributed by atoms with Crippen LogP contribution in [0.5, 0.6) is 5.75 Å². The summed E-state index contributed by atoms with van der Waals surface area (Å²) in [6.07, 6.45) is 3.55. The van der Waals surface area contributed by atoms with Crippen LogP contribution in [0.25, 0.3) is 0 Å². The van der Waals surface area contributed by atoms with Gasteiger partial charge in [0.15, 0.2) is 0 Å². The van der Waals surface area contributed by atoms with Crippen molar-refractivity contribution in [2.75, 3.05) is 0 Å². The average Bonchev–Trinajstić information content (AvgIpc) is 2.36. The minimum absolute atomic E-state index is 0.0452. The molecule has 1 atom stereocenters. The highest BCUT2D eigenvalue weighted by Crippen LogP contribution is 2.26. The molecule has 4 heteroatoms. The lowest BCUT2D eigenvalue weighted by atomic mass is 10.1. The molecule has 100 valence electrons. The second-order valence-electron chi connectivity index (χ2n) is 4.63. The molecule has 0 spiro atoms. The topological polar surface area (TPSA) is 48.1 Å². The molecule has 0 saturated carbocycles. The van der Waals surface area contributed by atoms with Crippen molar-refractivity contribution >= 4 is 15.9 Å². The van der Waals surface area contributed by atoms with E-state index in [1.54, 1.807) is 12.4 Å². The van der Waals surface area contributed by atoms with Crippen molar-refractivity contribution in [2.24, 2.45) is 5.73 Å². The summed E-state index contributed by atoms with van der Waals surface area (Å²) in [6, 6.07) is 8.04. The number of benzene rings is 1. The van der Waals surface area contributed by atoms with Gasteiger partial charge in [0.25, 0.3) is 0 Å². The summed E-state index contributed by atoms with van der Waals surface area (Å²) in [7, 11) is 0. The highest BCUT2D eigenvalue weighted by atomic mass is 79.9. The van der Waals surface area contributed by atoms with Gasteiger partial charge < -0.3 is 10.5 Å². The number of hydrogen-bond acceptors (Lipinski definition) is 3. The smallest absolute Gasteiger partial charge is 0.124 e. The largest absolute Gasteiger partial charge is 0.488 e. The van der Waals surface area contributed by atoms with Gasteiger partial charge in [-0.2, -0.15) is 0 Å². The number of nitrogens with two attached hydrogens (primary N) is 1. The highest BCUT2D eigenvalue weighted by Gasteiger charge is 2.08. The Morgan fingerprint density at radius 3 is 2.79 bits per heavy atom. The van der Waals surface area contributed by atoms with Gasteiger partial charge in [0.1, 0.15) is 12.4 Å². The van der Waals surface area contributed by atoms with Crippen LogP contribution in [-0.2, 0) is 6.61 Å². The van der Waals surface area contributed by atoms with Gasteiger partial charge >= 0.3 is 0 Å². The first-order valence-corrected chi connectivity index (χ1v) is 6.94. The molecule has 3 nitrogen and oxygen atoms in total. The Balaban J connectivity index is 2.17. The SMILES string of the molecule is Cc1ccc(C(C)N)c(OCc2cncc(Br)c2)c1. The van der Waals surface area contributed by atoms with E-state index in [0.29, 0.717) is 6.61 Å². The Kier molecular flexibility index (Phi) is 4.56. The van der Waals surface area contributed by atoms with Gasteiger partial charge in [0.05, 0.1) is 0 Å². The molecule has 0 aliphatic heterocycles. The van der Waals surface area contributed by atoms with E-state index < -0.39 is 0 Å². The van der Waals surface area contributed by atoms with Gasteiger partial charge in [-0.25, -0.2) is 0 Å². The van der Waals surface area contributed by atoms with Gasteiger partial charge in [-0.05, 0) is 47.5 Å². The molecular formula is C15H17BrN2O. The summed E-state index contributed by atoms with van der Waals surface area (Å²) in [6.45, 7) is 4.48. The standard InChI is InChI=1S/C15H17BrN2O/c1-10-3-4-14(11(2)17)15(5-10)19-9-12-6-13(16)8-18-7-12/h3-8,11H,9,17H2,1-2H3. The normalized spacial score (nSPS) is 12.2. The lowest BCUT2D eigenvalue weighted by Crippen LogP contribution is -2.08. The molecule has 0 bridgehead atoms. The minimum Gasteiger partial charge on any atom is -0.488 e. The number of halogens is 1. The molecule has 1 aromatic heterocycles. The van der Waals surface area contributed by atoms with Crippen LogP contribution in [-0.4, -0.2) is 4.98 Å². The van der Waals surface area contributed by atoms with Crippen LogP contribution in [0.4, 0.5) is 0 Å². The van der Waals surface area contributed by atoms with Crippen molar-refractivity contribution in [1.29, 1.82) is 0 Å². The number of rotatable bonds is 4. The maximum absolute atomic E-state index is 5.96. The summed E-state index contributed by atoms with van der Waals surface area (Å²) in [5.74, 6) is 0.843. The first-order chi connectivity index (χ1) is 9.06. The van der Waals surface area contributed by atoms with E-state index in [9.17, 15) is 0 Å². The maximum Gasteiger partial charge on any atom is 0.124 e. The maximum atomic E-state index is 5.96. The predicted molar refractivity (Wildman–Crippen MR) is 80.1 cm³/mol. The lowest BCUT2D eigenvalue weighted by molar-refractivity contribution is 0.301. The number of pyridine rings is 1. The van der Waals surface area contributed by atoms with E-state index in [1.807, 2.05) is 38.1 Å². The molecule has 0 saturated heterocycles. The van der Waals surface area contributed by atoms with E-state index in [0.717, 1.165) is 26.9 Å². The first-order valence-electron chi connectivity index (χ1n) is 6.14. The van der Waals surface area contributed by atoms with Crippen molar-refractivity contribution in [3.8, 4) is 5.75 Å². The zero-order chi connectivity index (χ0) is 13.8. The van der Waals surface area contributed by atoms with Gasteiger partial charge in [0.2, 0.25) is 0 Å².